The summed E-state index contributed by atoms with van der Waals surface area (Å²) >= 11 is 0. The lowest BCUT2D eigenvalue weighted by Crippen LogP contribution is -2.14. The highest BCUT2D eigenvalue weighted by Gasteiger charge is 2.20. The van der Waals surface area contributed by atoms with E-state index in [0.717, 1.165) is 5.56 Å². The van der Waals surface area contributed by atoms with Crippen LogP contribution in [0.15, 0.2) is 65.8 Å². The maximum atomic E-state index is 13.1. The number of carbonyl (C=O) groups excluding carboxylic acids is 1. The number of methoxy groups -OCH3 is 2. The van der Waals surface area contributed by atoms with Crippen molar-refractivity contribution < 1.29 is 22.7 Å². The molecular weight excluding hydrogens is 452 g/mol. The molecule has 1 saturated carbocycles. The van der Waals surface area contributed by atoms with Gasteiger partial charge < -0.3 is 9.47 Å². The fourth-order valence-corrected chi connectivity index (χ4v) is 5.39. The maximum Gasteiger partial charge on any atom is 0.337 e. The summed E-state index contributed by atoms with van der Waals surface area (Å²) in [6.07, 6.45) is 9.28. The average Bonchev–Trinajstić information content (AvgIpc) is 2.89. The zero-order chi connectivity index (χ0) is 24.1. The number of hydrogen-bond donors (Lipinski definition) is 1. The minimum atomic E-state index is -3.95. The van der Waals surface area contributed by atoms with Crippen molar-refractivity contribution >= 4 is 21.7 Å². The smallest absolute Gasteiger partial charge is 0.337 e. The molecule has 0 radical (unpaired) electrons. The molecule has 3 aromatic rings. The normalized spacial score (nSPS) is 14.4. The summed E-state index contributed by atoms with van der Waals surface area (Å²) in [5.74, 6) is 0.269. The number of nitrogens with one attached hydrogen (secondary N) is 1. The second kappa shape index (κ2) is 10.3. The number of aromatic nitrogens is 1. The second-order valence-corrected chi connectivity index (χ2v) is 10.1. The van der Waals surface area contributed by atoms with Gasteiger partial charge in [0.05, 0.1) is 25.5 Å². The number of ether oxygens (including phenoxy) is 2. The Morgan fingerprint density at radius 2 is 1.68 bits per heavy atom. The van der Waals surface area contributed by atoms with Crippen molar-refractivity contribution in [3.05, 3.63) is 72.1 Å². The number of carbonyl (C=O) groups is 1. The molecule has 4 rings (SSSR count). The van der Waals surface area contributed by atoms with E-state index in [1.54, 1.807) is 12.3 Å². The quantitative estimate of drug-likeness (QED) is 0.456. The van der Waals surface area contributed by atoms with Crippen LogP contribution in [-0.4, -0.2) is 33.6 Å². The van der Waals surface area contributed by atoms with E-state index < -0.39 is 16.0 Å². The van der Waals surface area contributed by atoms with Crippen LogP contribution >= 0.6 is 0 Å². The van der Waals surface area contributed by atoms with Gasteiger partial charge in [-0.1, -0.05) is 43.5 Å². The topological polar surface area (TPSA) is 94.6 Å². The number of anilines is 1. The van der Waals surface area contributed by atoms with E-state index in [2.05, 4.69) is 21.8 Å². The Hall–Kier alpha value is -3.39. The molecule has 34 heavy (non-hydrogen) atoms. The number of sulfonamides is 1. The molecule has 178 valence electrons. The Morgan fingerprint density at radius 3 is 2.35 bits per heavy atom. The van der Waals surface area contributed by atoms with Crippen LogP contribution < -0.4 is 9.46 Å². The van der Waals surface area contributed by atoms with Crippen LogP contribution in [0.25, 0.3) is 11.1 Å². The molecule has 8 heteroatoms. The van der Waals surface area contributed by atoms with Gasteiger partial charge in [0, 0.05) is 18.0 Å². The van der Waals surface area contributed by atoms with Crippen molar-refractivity contribution in [3.63, 3.8) is 0 Å². The van der Waals surface area contributed by atoms with Gasteiger partial charge in [-0.2, -0.15) is 0 Å². The van der Waals surface area contributed by atoms with Gasteiger partial charge >= 0.3 is 5.97 Å². The third-order valence-electron chi connectivity index (χ3n) is 6.21. The molecule has 0 amide bonds. The predicted molar refractivity (Wildman–Crippen MR) is 131 cm³/mol. The maximum absolute atomic E-state index is 13.1. The number of nitrogens with zero attached hydrogens (tertiary/aromatic N) is 1. The standard InChI is InChI=1S/C26H28N2O5S/c1-32-25-15-21(26(29)33-2)12-13-24(25)28-34(30,31)23-14-22(16-27-17-23)20-10-8-19(9-11-20)18-6-4-3-5-7-18/h8-18,28H,3-7H2,1-2H3. The lowest BCUT2D eigenvalue weighted by atomic mass is 9.84. The zero-order valence-corrected chi connectivity index (χ0v) is 20.1. The van der Waals surface area contributed by atoms with E-state index in [4.69, 9.17) is 9.47 Å². The second-order valence-electron chi connectivity index (χ2n) is 8.38. The lowest BCUT2D eigenvalue weighted by molar-refractivity contribution is 0.0600. The van der Waals surface area contributed by atoms with E-state index in [-0.39, 0.29) is 21.9 Å². The summed E-state index contributed by atoms with van der Waals surface area (Å²) in [5, 5.41) is 0. The Morgan fingerprint density at radius 1 is 0.941 bits per heavy atom. The highest BCUT2D eigenvalue weighted by molar-refractivity contribution is 7.92. The van der Waals surface area contributed by atoms with Crippen molar-refractivity contribution in [2.24, 2.45) is 0 Å². The molecule has 0 bridgehead atoms. The molecule has 1 aromatic heterocycles. The van der Waals surface area contributed by atoms with Gasteiger partial charge in [0.15, 0.2) is 0 Å². The Balaban J connectivity index is 1.56. The van der Waals surface area contributed by atoms with E-state index >= 15 is 0 Å². The third kappa shape index (κ3) is 5.22. The molecule has 1 heterocycles. The summed E-state index contributed by atoms with van der Waals surface area (Å²) in [6.45, 7) is 0. The first-order chi connectivity index (χ1) is 16.4. The van der Waals surface area contributed by atoms with Crippen LogP contribution in [0.2, 0.25) is 0 Å². The molecule has 0 spiro atoms. The third-order valence-corrected chi connectivity index (χ3v) is 7.54. The van der Waals surface area contributed by atoms with E-state index in [9.17, 15) is 13.2 Å². The molecule has 0 atom stereocenters. The van der Waals surface area contributed by atoms with Crippen LogP contribution in [0, 0.1) is 0 Å². The van der Waals surface area contributed by atoms with Gasteiger partial charge in [-0.05, 0) is 54.2 Å². The summed E-state index contributed by atoms with van der Waals surface area (Å²) in [4.78, 5) is 15.9. The first-order valence-electron chi connectivity index (χ1n) is 11.3. The highest BCUT2D eigenvalue weighted by Crippen LogP contribution is 2.34. The molecule has 2 aromatic carbocycles. The summed E-state index contributed by atoms with van der Waals surface area (Å²) in [6, 6.07) is 14.3. The Labute approximate surface area is 200 Å². The number of rotatable bonds is 7. The molecule has 1 fully saturated rings. The summed E-state index contributed by atoms with van der Waals surface area (Å²) < 4.78 is 38.7. The number of benzene rings is 2. The largest absolute Gasteiger partial charge is 0.495 e. The monoisotopic (exact) mass is 480 g/mol. The van der Waals surface area contributed by atoms with Crippen LogP contribution in [0.1, 0.15) is 53.9 Å². The van der Waals surface area contributed by atoms with E-state index in [1.165, 1.54) is 76.3 Å². The molecule has 0 aliphatic heterocycles. The zero-order valence-electron chi connectivity index (χ0n) is 19.3. The Bertz CT molecular complexity index is 1270. The number of esters is 1. The van der Waals surface area contributed by atoms with Crippen LogP contribution in [-0.2, 0) is 14.8 Å². The summed E-state index contributed by atoms with van der Waals surface area (Å²) in [7, 11) is -1.28. The van der Waals surface area contributed by atoms with Crippen molar-refractivity contribution in [3.8, 4) is 16.9 Å². The van der Waals surface area contributed by atoms with Crippen molar-refractivity contribution in [2.45, 2.75) is 42.9 Å². The minimum Gasteiger partial charge on any atom is -0.495 e. The van der Waals surface area contributed by atoms with Crippen LogP contribution in [0.4, 0.5) is 5.69 Å². The molecule has 1 aliphatic rings. The van der Waals surface area contributed by atoms with Gasteiger partial charge in [0.25, 0.3) is 10.0 Å². The molecule has 7 nitrogen and oxygen atoms in total. The number of hydrogen-bond acceptors (Lipinski definition) is 6. The molecule has 1 N–H and O–H groups in total. The molecule has 1 aliphatic carbocycles. The average molecular weight is 481 g/mol. The van der Waals surface area contributed by atoms with Crippen molar-refractivity contribution in [2.75, 3.05) is 18.9 Å². The lowest BCUT2D eigenvalue weighted by Gasteiger charge is -2.22. The Kier molecular flexibility index (Phi) is 7.17. The minimum absolute atomic E-state index is 0.0282. The number of pyridine rings is 1. The van der Waals surface area contributed by atoms with E-state index in [0.29, 0.717) is 11.5 Å². The first-order valence-corrected chi connectivity index (χ1v) is 12.7. The van der Waals surface area contributed by atoms with Crippen LogP contribution in [0.5, 0.6) is 5.75 Å². The van der Waals surface area contributed by atoms with Gasteiger partial charge in [-0.3, -0.25) is 9.71 Å². The van der Waals surface area contributed by atoms with Crippen molar-refractivity contribution in [1.82, 2.24) is 4.98 Å². The highest BCUT2D eigenvalue weighted by atomic mass is 32.2. The van der Waals surface area contributed by atoms with Crippen LogP contribution in [0.3, 0.4) is 0 Å². The van der Waals surface area contributed by atoms with Gasteiger partial charge in [0.2, 0.25) is 0 Å². The van der Waals surface area contributed by atoms with E-state index in [1.807, 2.05) is 12.1 Å². The molecular formula is C26H28N2O5S. The van der Waals surface area contributed by atoms with Gasteiger partial charge in [0.1, 0.15) is 10.6 Å². The predicted octanol–water partition coefficient (Wildman–Crippen LogP) is 5.39. The van der Waals surface area contributed by atoms with Gasteiger partial charge in [-0.15, -0.1) is 0 Å². The first kappa shape index (κ1) is 23.8. The van der Waals surface area contributed by atoms with Crippen molar-refractivity contribution in [1.29, 1.82) is 0 Å². The van der Waals surface area contributed by atoms with Gasteiger partial charge in [-0.25, -0.2) is 13.2 Å². The SMILES string of the molecule is COC(=O)c1ccc(NS(=O)(=O)c2cncc(-c3ccc(C4CCCCC4)cc3)c2)c(OC)c1. The fourth-order valence-electron chi connectivity index (χ4n) is 4.33. The summed E-state index contributed by atoms with van der Waals surface area (Å²) in [5.41, 5.74) is 3.42. The fraction of sp³-hybridized carbons (Fsp3) is 0.308. The molecule has 0 saturated heterocycles. The molecule has 0 unspecified atom stereocenters.